The minimum atomic E-state index is -2.47. The van der Waals surface area contributed by atoms with E-state index in [0.717, 1.165) is 0 Å². The lowest BCUT2D eigenvalue weighted by Crippen LogP contribution is -2.71. The number of hydrogen-bond acceptors (Lipinski definition) is 17. The summed E-state index contributed by atoms with van der Waals surface area (Å²) in [5.41, 5.74) is -7.59. The number of aliphatic hydroxyl groups excluding tert-OH is 3. The van der Waals surface area contributed by atoms with Gasteiger partial charge in [-0.05, 0) is 59.6 Å². The maximum absolute atomic E-state index is 14.7. The highest BCUT2D eigenvalue weighted by Gasteiger charge is 2.69. The molecule has 60 heavy (non-hydrogen) atoms. The first-order valence-corrected chi connectivity index (χ1v) is 20.8. The molecule has 1 aromatic rings. The van der Waals surface area contributed by atoms with E-state index in [1.165, 1.54) is 31.2 Å². The zero-order valence-electron chi connectivity index (χ0n) is 34.1. The normalized spacial score (nSPS) is 44.7. The third-order valence-corrected chi connectivity index (χ3v) is 13.2. The van der Waals surface area contributed by atoms with E-state index < -0.39 is 138 Å². The average molecular weight is 843 g/mol. The fourth-order valence-electron chi connectivity index (χ4n) is 9.95. The topological polar surface area (TPSA) is 254 Å². The van der Waals surface area contributed by atoms with E-state index in [2.05, 4.69) is 0 Å². The molecule has 328 valence electrons. The predicted molar refractivity (Wildman–Crippen MR) is 203 cm³/mol. The van der Waals surface area contributed by atoms with Gasteiger partial charge in [0.2, 0.25) is 0 Å². The first-order valence-electron chi connectivity index (χ1n) is 20.8. The Hall–Kier alpha value is -3.30. The van der Waals surface area contributed by atoms with Gasteiger partial charge in [0.05, 0.1) is 72.0 Å². The number of aliphatic hydroxyl groups is 5. The van der Waals surface area contributed by atoms with E-state index >= 15 is 0 Å². The van der Waals surface area contributed by atoms with Crippen molar-refractivity contribution in [2.24, 2.45) is 0 Å². The molecular formula is C43H54O17. The van der Waals surface area contributed by atoms with Crippen LogP contribution in [0.4, 0.5) is 0 Å². The number of carbonyl (C=O) groups excluding carboxylic acids is 4. The van der Waals surface area contributed by atoms with Crippen molar-refractivity contribution >= 4 is 23.1 Å². The molecule has 1 saturated carbocycles. The van der Waals surface area contributed by atoms with Crippen molar-refractivity contribution in [1.82, 2.24) is 0 Å². The fraction of sp³-hybridized carbons (Fsp3) is 0.674. The Morgan fingerprint density at radius 1 is 0.767 bits per heavy atom. The maximum Gasteiger partial charge on any atom is 0.198 e. The quantitative estimate of drug-likeness (QED) is 0.228. The second-order valence-electron chi connectivity index (χ2n) is 17.8. The van der Waals surface area contributed by atoms with Crippen molar-refractivity contribution in [3.8, 4) is 5.75 Å². The monoisotopic (exact) mass is 842 g/mol. The number of ketones is 4. The molecule has 5 fully saturated rings. The molecule has 16 atom stereocenters. The summed E-state index contributed by atoms with van der Waals surface area (Å²) >= 11 is 0. The van der Waals surface area contributed by atoms with Gasteiger partial charge in [0.1, 0.15) is 23.6 Å². The number of hydrogen-bond donors (Lipinski definition) is 6. The molecule has 0 bridgehead atoms. The first-order chi connectivity index (χ1) is 28.2. The van der Waals surface area contributed by atoms with Crippen LogP contribution in [-0.4, -0.2) is 144 Å². The summed E-state index contributed by atoms with van der Waals surface area (Å²) in [7, 11) is 0. The lowest BCUT2D eigenvalue weighted by Gasteiger charge is -2.55. The van der Waals surface area contributed by atoms with Gasteiger partial charge in [0.15, 0.2) is 47.6 Å². The molecule has 0 spiro atoms. The Bertz CT molecular complexity index is 1990. The molecule has 1 aromatic carbocycles. The summed E-state index contributed by atoms with van der Waals surface area (Å²) < 4.78 is 42.5. The molecule has 0 amide bonds. The van der Waals surface area contributed by atoms with Gasteiger partial charge in [0.25, 0.3) is 0 Å². The minimum Gasteiger partial charge on any atom is -0.507 e. The summed E-state index contributed by atoms with van der Waals surface area (Å²) in [6, 6.07) is 2.76. The highest BCUT2D eigenvalue weighted by atomic mass is 16.7. The van der Waals surface area contributed by atoms with E-state index in [0.29, 0.717) is 12.8 Å². The molecule has 4 heterocycles. The second-order valence-corrected chi connectivity index (χ2v) is 17.8. The van der Waals surface area contributed by atoms with E-state index in [9.17, 15) is 49.8 Å². The van der Waals surface area contributed by atoms with Gasteiger partial charge in [-0.15, -0.1) is 0 Å². The number of allylic oxidation sites excluding steroid dienone is 2. The first kappa shape index (κ1) is 43.4. The van der Waals surface area contributed by atoms with Gasteiger partial charge in [-0.1, -0.05) is 12.1 Å². The summed E-state index contributed by atoms with van der Waals surface area (Å²) in [6.45, 7) is 8.02. The second kappa shape index (κ2) is 15.8. The van der Waals surface area contributed by atoms with Gasteiger partial charge < -0.3 is 63.8 Å². The Labute approximate surface area is 346 Å². The SMILES string of the molecule is C[C@@H]1O[C@@H](O[C@@H]2CC(c3ccc4c(c3O)C(=O)C3=C(C4=O)[C@@]4(O[C@H]5CC[C@H](O)[C@H](C)O5)C(=O)CC(C)(O)C[C@@]4(O)C=C3)O[C@H](C)[C@H]2O)CC[C@@H]1O[C@H]1CC(=O)[C@H](O)[C@@H](C)O1. The van der Waals surface area contributed by atoms with Crippen LogP contribution in [0.2, 0.25) is 0 Å². The summed E-state index contributed by atoms with van der Waals surface area (Å²) in [5.74, 6) is -3.41. The molecule has 0 aromatic heterocycles. The van der Waals surface area contributed by atoms with Gasteiger partial charge >= 0.3 is 0 Å². The van der Waals surface area contributed by atoms with Crippen molar-refractivity contribution in [2.45, 2.75) is 183 Å². The Balaban J connectivity index is 1.03. The summed E-state index contributed by atoms with van der Waals surface area (Å²) in [5, 5.41) is 66.5. The van der Waals surface area contributed by atoms with Crippen LogP contribution in [0.5, 0.6) is 5.75 Å². The van der Waals surface area contributed by atoms with E-state index in [1.807, 2.05) is 0 Å². The summed E-state index contributed by atoms with van der Waals surface area (Å²) in [6.07, 6.45) is -8.21. The molecule has 17 nitrogen and oxygen atoms in total. The van der Waals surface area contributed by atoms with Crippen LogP contribution in [0.3, 0.4) is 0 Å². The lowest BCUT2D eigenvalue weighted by molar-refractivity contribution is -0.296. The molecule has 3 aliphatic carbocycles. The average Bonchev–Trinajstić information content (AvgIpc) is 3.17. The smallest absolute Gasteiger partial charge is 0.198 e. The van der Waals surface area contributed by atoms with Gasteiger partial charge in [-0.2, -0.15) is 0 Å². The van der Waals surface area contributed by atoms with Crippen LogP contribution in [-0.2, 0) is 42.7 Å². The van der Waals surface area contributed by atoms with Crippen molar-refractivity contribution in [1.29, 1.82) is 0 Å². The fourth-order valence-corrected chi connectivity index (χ4v) is 9.95. The van der Waals surface area contributed by atoms with Crippen LogP contribution in [0.25, 0.3) is 0 Å². The van der Waals surface area contributed by atoms with E-state index in [4.69, 9.17) is 33.2 Å². The zero-order valence-corrected chi connectivity index (χ0v) is 34.1. The number of phenolic OH excluding ortho intramolecular Hbond substituents is 1. The van der Waals surface area contributed by atoms with Crippen LogP contribution in [0.15, 0.2) is 35.4 Å². The number of aromatic hydroxyl groups is 1. The highest BCUT2D eigenvalue weighted by molar-refractivity contribution is 6.32. The predicted octanol–water partition coefficient (Wildman–Crippen LogP) is 1.69. The molecule has 7 aliphatic rings. The van der Waals surface area contributed by atoms with Crippen LogP contribution in [0.1, 0.15) is 118 Å². The molecule has 8 rings (SSSR count). The number of Topliss-reactive ketones (excluding diaryl/α,β-unsaturated/α-hetero) is 4. The standard InChI is InChI=1S/C43H54O17/c1-18-25(44)8-10-32(55-18)60-43-30(46)16-41(5,52)17-42(43,53)13-12-24-35(43)40(51)23-7-6-22(38(49)34(23)39(24)50)28-15-29(37(48)21(4)54-28)59-31-11-9-27(19(2)56-31)58-33-14-26(45)36(47)20(3)57-33/h6-7,12-13,18-21,25,27-29,31-33,36-37,44,47-49,52-53H,8-11,14-17H2,1-5H3/t18-,19-,20+,21+,25-,27-,28?,29+,31-,32-,33-,36+,37+,41?,42-,43-/m0/s1. The Kier molecular flexibility index (Phi) is 11.4. The van der Waals surface area contributed by atoms with Crippen molar-refractivity contribution in [3.63, 3.8) is 0 Å². The lowest BCUT2D eigenvalue weighted by atomic mass is 9.57. The molecule has 6 N–H and O–H groups in total. The minimum absolute atomic E-state index is 0.0210. The largest absolute Gasteiger partial charge is 0.507 e. The molecule has 0 radical (unpaired) electrons. The van der Waals surface area contributed by atoms with E-state index in [1.54, 1.807) is 27.7 Å². The molecule has 4 saturated heterocycles. The van der Waals surface area contributed by atoms with Crippen molar-refractivity contribution in [3.05, 3.63) is 52.1 Å². The highest BCUT2D eigenvalue weighted by Crippen LogP contribution is 2.54. The number of ether oxygens (including phenoxy) is 7. The van der Waals surface area contributed by atoms with Gasteiger partial charge in [-0.3, -0.25) is 19.2 Å². The van der Waals surface area contributed by atoms with Gasteiger partial charge in [-0.25, -0.2) is 0 Å². The number of rotatable bonds is 7. The van der Waals surface area contributed by atoms with Crippen LogP contribution < -0.4 is 0 Å². The molecular weight excluding hydrogens is 788 g/mol. The summed E-state index contributed by atoms with van der Waals surface area (Å²) in [4.78, 5) is 55.7. The number of carbonyl (C=O) groups is 4. The maximum atomic E-state index is 14.7. The van der Waals surface area contributed by atoms with Crippen molar-refractivity contribution < 1.29 is 83.0 Å². The Morgan fingerprint density at radius 3 is 2.15 bits per heavy atom. The van der Waals surface area contributed by atoms with Crippen molar-refractivity contribution in [2.75, 3.05) is 0 Å². The number of phenols is 1. The van der Waals surface area contributed by atoms with E-state index in [-0.39, 0.29) is 53.7 Å². The number of benzene rings is 1. The third-order valence-electron chi connectivity index (χ3n) is 13.2. The molecule has 17 heteroatoms. The Morgan fingerprint density at radius 2 is 1.45 bits per heavy atom. The van der Waals surface area contributed by atoms with Crippen LogP contribution >= 0.6 is 0 Å². The number of fused-ring (bicyclic) bond motifs is 3. The molecule has 4 aliphatic heterocycles. The zero-order chi connectivity index (χ0) is 43.2. The van der Waals surface area contributed by atoms with Gasteiger partial charge in [0, 0.05) is 48.8 Å². The van der Waals surface area contributed by atoms with Crippen LogP contribution in [0, 0.1) is 0 Å². The molecule has 2 unspecified atom stereocenters. The third kappa shape index (κ3) is 7.33.